The highest BCUT2D eigenvalue weighted by molar-refractivity contribution is 9.10. The predicted octanol–water partition coefficient (Wildman–Crippen LogP) is 3.91. The summed E-state index contributed by atoms with van der Waals surface area (Å²) in [5.74, 6) is 1.63. The van der Waals surface area contributed by atoms with Gasteiger partial charge in [0.25, 0.3) is 6.02 Å². The van der Waals surface area contributed by atoms with Crippen LogP contribution in [0.1, 0.15) is 22.6 Å². The summed E-state index contributed by atoms with van der Waals surface area (Å²) in [6.45, 7) is 2.36. The topological polar surface area (TPSA) is 68.3 Å². The fraction of sp³-hybridized carbons (Fsp3) is 0.188. The molecule has 0 unspecified atom stereocenters. The molecular weight excluding hydrogens is 332 g/mol. The Kier molecular flexibility index (Phi) is 3.59. The van der Waals surface area contributed by atoms with Gasteiger partial charge >= 0.3 is 0 Å². The summed E-state index contributed by atoms with van der Waals surface area (Å²) >= 11 is 3.49. The first kappa shape index (κ1) is 13.9. The Morgan fingerprint density at radius 3 is 2.62 bits per heavy atom. The van der Waals surface area contributed by atoms with E-state index in [-0.39, 0.29) is 11.9 Å². The molecule has 2 aromatic carbocycles. The van der Waals surface area contributed by atoms with E-state index in [2.05, 4.69) is 22.0 Å². The van der Waals surface area contributed by atoms with Crippen LogP contribution in [0.2, 0.25) is 0 Å². The number of nitrogens with two attached hydrogens (primary N) is 1. The van der Waals surface area contributed by atoms with Gasteiger partial charge < -0.3 is 15.2 Å². The second-order valence-corrected chi connectivity index (χ2v) is 5.97. The standard InChI is InChI=1S/C16H15BrN2O2/c1-9-2-4-14-11(6-9)13(8-20-16(18)19)12-7-10(17)3-5-15(12)21-14/h2-7,13H,8H2,1H3,(H3,18,19)/t13-/m0/s1. The second kappa shape index (κ2) is 5.41. The molecule has 1 aliphatic heterocycles. The molecule has 0 saturated heterocycles. The van der Waals surface area contributed by atoms with Gasteiger partial charge in [-0.05, 0) is 31.2 Å². The lowest BCUT2D eigenvalue weighted by Gasteiger charge is -2.28. The largest absolute Gasteiger partial charge is 0.465 e. The second-order valence-electron chi connectivity index (χ2n) is 5.05. The summed E-state index contributed by atoms with van der Waals surface area (Å²) in [7, 11) is 0. The highest BCUT2D eigenvalue weighted by Gasteiger charge is 2.28. The van der Waals surface area contributed by atoms with Crippen LogP contribution in [-0.2, 0) is 4.74 Å². The molecule has 0 fully saturated rings. The van der Waals surface area contributed by atoms with E-state index < -0.39 is 0 Å². The quantitative estimate of drug-likeness (QED) is 0.639. The van der Waals surface area contributed by atoms with Crippen LogP contribution in [0.15, 0.2) is 40.9 Å². The van der Waals surface area contributed by atoms with Crippen molar-refractivity contribution in [3.8, 4) is 11.5 Å². The molecule has 3 rings (SSSR count). The van der Waals surface area contributed by atoms with Crippen molar-refractivity contribution >= 4 is 22.0 Å². The van der Waals surface area contributed by atoms with E-state index in [1.54, 1.807) is 0 Å². The van der Waals surface area contributed by atoms with Gasteiger partial charge in [-0.2, -0.15) is 0 Å². The number of hydrogen-bond acceptors (Lipinski definition) is 3. The minimum absolute atomic E-state index is 0.00921. The number of nitrogens with one attached hydrogen (secondary N) is 1. The van der Waals surface area contributed by atoms with Gasteiger partial charge in [-0.25, -0.2) is 0 Å². The number of hydrogen-bond donors (Lipinski definition) is 2. The molecule has 0 saturated carbocycles. The van der Waals surface area contributed by atoms with E-state index in [1.807, 2.05) is 37.3 Å². The SMILES string of the molecule is Cc1ccc2c(c1)[C@H](COC(=N)N)c1cc(Br)ccc1O2. The minimum Gasteiger partial charge on any atom is -0.465 e. The molecule has 108 valence electrons. The smallest absolute Gasteiger partial charge is 0.279 e. The average Bonchev–Trinajstić information content (AvgIpc) is 2.44. The van der Waals surface area contributed by atoms with Crippen molar-refractivity contribution in [2.75, 3.05) is 6.61 Å². The Labute approximate surface area is 131 Å². The van der Waals surface area contributed by atoms with Crippen LogP contribution in [0.25, 0.3) is 0 Å². The van der Waals surface area contributed by atoms with Gasteiger partial charge in [0, 0.05) is 15.6 Å². The van der Waals surface area contributed by atoms with Crippen LogP contribution in [0.4, 0.5) is 0 Å². The zero-order chi connectivity index (χ0) is 15.0. The number of fused-ring (bicyclic) bond motifs is 2. The van der Waals surface area contributed by atoms with Crippen molar-refractivity contribution in [1.29, 1.82) is 5.41 Å². The minimum atomic E-state index is -0.271. The molecule has 3 N–H and O–H groups in total. The maximum Gasteiger partial charge on any atom is 0.279 e. The molecule has 21 heavy (non-hydrogen) atoms. The van der Waals surface area contributed by atoms with Gasteiger partial charge in [0.05, 0.1) is 5.92 Å². The number of aryl methyl sites for hydroxylation is 1. The van der Waals surface area contributed by atoms with E-state index in [9.17, 15) is 0 Å². The first-order valence-electron chi connectivity index (χ1n) is 6.59. The maximum atomic E-state index is 7.28. The average molecular weight is 347 g/mol. The van der Waals surface area contributed by atoms with Gasteiger partial charge in [0.1, 0.15) is 18.1 Å². The van der Waals surface area contributed by atoms with E-state index >= 15 is 0 Å². The third-order valence-electron chi connectivity index (χ3n) is 3.51. The van der Waals surface area contributed by atoms with Crippen LogP contribution in [0.3, 0.4) is 0 Å². The Morgan fingerprint density at radius 1 is 1.24 bits per heavy atom. The number of ether oxygens (including phenoxy) is 2. The fourth-order valence-electron chi connectivity index (χ4n) is 2.56. The lowest BCUT2D eigenvalue weighted by Crippen LogP contribution is -2.21. The molecular formula is C16H15BrN2O2. The van der Waals surface area contributed by atoms with Crippen molar-refractivity contribution in [3.63, 3.8) is 0 Å². The highest BCUT2D eigenvalue weighted by atomic mass is 79.9. The molecule has 0 amide bonds. The molecule has 0 radical (unpaired) electrons. The molecule has 2 aromatic rings. The number of benzene rings is 2. The zero-order valence-corrected chi connectivity index (χ0v) is 13.1. The molecule has 0 aromatic heterocycles. The monoisotopic (exact) mass is 346 g/mol. The maximum absolute atomic E-state index is 7.28. The van der Waals surface area contributed by atoms with Crippen molar-refractivity contribution in [3.05, 3.63) is 57.6 Å². The first-order valence-corrected chi connectivity index (χ1v) is 7.38. The third-order valence-corrected chi connectivity index (χ3v) is 4.01. The van der Waals surface area contributed by atoms with E-state index in [1.165, 1.54) is 0 Å². The Hall–Kier alpha value is -2.01. The van der Waals surface area contributed by atoms with Gasteiger partial charge in [-0.3, -0.25) is 5.41 Å². The first-order chi connectivity index (χ1) is 10.0. The van der Waals surface area contributed by atoms with Crippen molar-refractivity contribution in [1.82, 2.24) is 0 Å². The number of amidine groups is 1. The molecule has 4 nitrogen and oxygen atoms in total. The Bertz CT molecular complexity index is 664. The number of rotatable bonds is 2. The van der Waals surface area contributed by atoms with Crippen LogP contribution in [-0.4, -0.2) is 12.6 Å². The van der Waals surface area contributed by atoms with Crippen LogP contribution < -0.4 is 10.5 Å². The van der Waals surface area contributed by atoms with Crippen molar-refractivity contribution in [2.45, 2.75) is 12.8 Å². The van der Waals surface area contributed by atoms with Crippen LogP contribution in [0.5, 0.6) is 11.5 Å². The fourth-order valence-corrected chi connectivity index (χ4v) is 2.94. The normalized spacial score (nSPS) is 15.6. The lowest BCUT2D eigenvalue weighted by molar-refractivity contribution is 0.274. The van der Waals surface area contributed by atoms with Gasteiger partial charge in [0.15, 0.2) is 0 Å². The van der Waals surface area contributed by atoms with E-state index in [0.717, 1.165) is 32.7 Å². The van der Waals surface area contributed by atoms with Gasteiger partial charge in [-0.15, -0.1) is 0 Å². The van der Waals surface area contributed by atoms with Gasteiger partial charge in [0.2, 0.25) is 0 Å². The summed E-state index contributed by atoms with van der Waals surface area (Å²) < 4.78 is 12.2. The molecule has 1 heterocycles. The van der Waals surface area contributed by atoms with Gasteiger partial charge in [-0.1, -0.05) is 33.6 Å². The summed E-state index contributed by atoms with van der Waals surface area (Å²) in [4.78, 5) is 0. The summed E-state index contributed by atoms with van der Waals surface area (Å²) in [6, 6.07) is 11.7. The van der Waals surface area contributed by atoms with Crippen LogP contribution >= 0.6 is 15.9 Å². The van der Waals surface area contributed by atoms with Crippen molar-refractivity contribution in [2.24, 2.45) is 5.73 Å². The Morgan fingerprint density at radius 2 is 1.90 bits per heavy atom. The lowest BCUT2D eigenvalue weighted by atomic mass is 9.88. The number of halogens is 1. The summed E-state index contributed by atoms with van der Waals surface area (Å²) in [5.41, 5.74) is 8.57. The molecule has 1 atom stereocenters. The third kappa shape index (κ3) is 2.74. The predicted molar refractivity (Wildman–Crippen MR) is 85.1 cm³/mol. The Balaban J connectivity index is 2.09. The summed E-state index contributed by atoms with van der Waals surface area (Å²) in [5, 5.41) is 7.28. The molecule has 0 spiro atoms. The highest BCUT2D eigenvalue weighted by Crippen LogP contribution is 2.45. The molecule has 5 heteroatoms. The van der Waals surface area contributed by atoms with E-state index in [0.29, 0.717) is 6.61 Å². The van der Waals surface area contributed by atoms with Crippen molar-refractivity contribution < 1.29 is 9.47 Å². The molecule has 0 aliphatic carbocycles. The van der Waals surface area contributed by atoms with Crippen LogP contribution in [0, 0.1) is 12.3 Å². The summed E-state index contributed by atoms with van der Waals surface area (Å²) in [6.07, 6.45) is 0. The zero-order valence-electron chi connectivity index (χ0n) is 11.5. The van der Waals surface area contributed by atoms with E-state index in [4.69, 9.17) is 20.6 Å². The molecule has 0 bridgehead atoms. The molecule has 1 aliphatic rings.